The van der Waals surface area contributed by atoms with Crippen molar-refractivity contribution in [1.29, 1.82) is 0 Å². The van der Waals surface area contributed by atoms with Crippen molar-refractivity contribution in [3.05, 3.63) is 88.0 Å². The molecule has 3 aromatic heterocycles. The molecule has 2 atom stereocenters. The average Bonchev–Trinajstić information content (AvgIpc) is 3.82. The minimum atomic E-state index is -1.17. The normalized spacial score (nSPS) is 16.7. The third-order valence-corrected chi connectivity index (χ3v) is 9.40. The van der Waals surface area contributed by atoms with Crippen LogP contribution in [0, 0.1) is 6.92 Å². The first-order valence-electron chi connectivity index (χ1n) is 17.7. The van der Waals surface area contributed by atoms with Crippen LogP contribution in [0.1, 0.15) is 64.6 Å². The van der Waals surface area contributed by atoms with Gasteiger partial charge in [0.1, 0.15) is 17.5 Å². The number of likely N-dealkylation sites (N-methyl/N-ethyl adjacent to an activating group) is 1. The molecule has 0 radical (unpaired) electrons. The molecule has 3 amide bonds. The van der Waals surface area contributed by atoms with Crippen molar-refractivity contribution in [3.63, 3.8) is 0 Å². The summed E-state index contributed by atoms with van der Waals surface area (Å²) in [6.45, 7) is 9.19. The van der Waals surface area contributed by atoms with Crippen LogP contribution in [0.5, 0.6) is 0 Å². The summed E-state index contributed by atoms with van der Waals surface area (Å²) in [7, 11) is 1.66. The van der Waals surface area contributed by atoms with Crippen LogP contribution in [0.2, 0.25) is 0 Å². The van der Waals surface area contributed by atoms with E-state index in [1.165, 1.54) is 11.1 Å². The molecule has 4 aromatic rings. The van der Waals surface area contributed by atoms with Crippen molar-refractivity contribution in [1.82, 2.24) is 30.4 Å². The number of carbonyl (C=O) groups excluding carboxylic acids is 3. The van der Waals surface area contributed by atoms with Gasteiger partial charge < -0.3 is 34.9 Å². The number of rotatable bonds is 14. The quantitative estimate of drug-likeness (QED) is 0.137. The van der Waals surface area contributed by atoms with Gasteiger partial charge in [-0.15, -0.1) is 0 Å². The summed E-state index contributed by atoms with van der Waals surface area (Å²) in [6.07, 6.45) is 8.83. The van der Waals surface area contributed by atoms with Crippen molar-refractivity contribution >= 4 is 46.7 Å². The maximum Gasteiger partial charge on any atom is 0.410 e. The maximum absolute atomic E-state index is 13.5. The Morgan fingerprint density at radius 3 is 2.63 bits per heavy atom. The first-order chi connectivity index (χ1) is 25.7. The molecule has 4 heterocycles. The number of nitrogens with zero attached hydrogens (tertiary/aromatic N) is 4. The predicted molar refractivity (Wildman–Crippen MR) is 199 cm³/mol. The van der Waals surface area contributed by atoms with Gasteiger partial charge in [-0.05, 0) is 74.6 Å². The number of carboxylic acid groups (broad SMARTS) is 1. The number of aromatic amines is 1. The van der Waals surface area contributed by atoms with E-state index < -0.39 is 35.0 Å². The number of aryl methyl sites for hydroxylation is 1. The Labute approximate surface area is 312 Å². The van der Waals surface area contributed by atoms with Gasteiger partial charge in [0.15, 0.2) is 0 Å². The van der Waals surface area contributed by atoms with Gasteiger partial charge >= 0.3 is 12.1 Å². The predicted octanol–water partition coefficient (Wildman–Crippen LogP) is 3.99. The fraction of sp³-hybridized carbons (Fsp3) is 0.410. The summed E-state index contributed by atoms with van der Waals surface area (Å²) < 4.78 is 16.5. The molecule has 6 rings (SSSR count). The SMILES string of the molecule is Cc1cc(C[C@@H](NC(=O)c2cnc3c(c2)C[C@@]2(C3)C(=O)Nc3ncc(/C=C/COCCOCCN(C)C(=O)OC(C)(C)C)cc32)C(=O)O)cc2cn[nH]c12. The van der Waals surface area contributed by atoms with E-state index in [0.29, 0.717) is 57.3 Å². The van der Waals surface area contributed by atoms with Crippen LogP contribution in [-0.4, -0.2) is 106 Å². The fourth-order valence-corrected chi connectivity index (χ4v) is 6.68. The van der Waals surface area contributed by atoms with E-state index >= 15 is 0 Å². The van der Waals surface area contributed by atoms with Gasteiger partial charge in [0.2, 0.25) is 5.91 Å². The number of benzene rings is 1. The van der Waals surface area contributed by atoms with Crippen molar-refractivity contribution in [2.75, 3.05) is 45.3 Å². The lowest BCUT2D eigenvalue weighted by Gasteiger charge is -2.24. The molecule has 4 N–H and O–H groups in total. The lowest BCUT2D eigenvalue weighted by Crippen LogP contribution is -2.42. The number of pyridine rings is 2. The second-order valence-corrected chi connectivity index (χ2v) is 14.7. The molecule has 1 aromatic carbocycles. The van der Waals surface area contributed by atoms with Crippen LogP contribution in [-0.2, 0) is 48.5 Å². The number of nitrogens with one attached hydrogen (secondary N) is 3. The van der Waals surface area contributed by atoms with Crippen LogP contribution in [0.25, 0.3) is 17.0 Å². The Hall–Kier alpha value is -5.67. The molecule has 2 aliphatic rings. The summed E-state index contributed by atoms with van der Waals surface area (Å²) in [5.74, 6) is -1.42. The topological polar surface area (TPSA) is 198 Å². The van der Waals surface area contributed by atoms with Gasteiger partial charge in [0, 0.05) is 55.5 Å². The Balaban J connectivity index is 1.02. The molecule has 0 saturated heterocycles. The third-order valence-electron chi connectivity index (χ3n) is 9.40. The highest BCUT2D eigenvalue weighted by atomic mass is 16.6. The fourth-order valence-electron chi connectivity index (χ4n) is 6.68. The molecule has 15 nitrogen and oxygen atoms in total. The second-order valence-electron chi connectivity index (χ2n) is 14.7. The van der Waals surface area contributed by atoms with Crippen LogP contribution < -0.4 is 10.6 Å². The second kappa shape index (κ2) is 15.7. The number of H-pyrrole nitrogens is 1. The molecular weight excluding hydrogens is 694 g/mol. The van der Waals surface area contributed by atoms with Gasteiger partial charge in [0.05, 0.1) is 49.1 Å². The minimum Gasteiger partial charge on any atom is -0.480 e. The number of ether oxygens (including phenoxy) is 3. The highest BCUT2D eigenvalue weighted by molar-refractivity contribution is 6.06. The highest BCUT2D eigenvalue weighted by Crippen LogP contribution is 2.46. The molecular formula is C39H45N7O8. The number of hydrogen-bond acceptors (Lipinski definition) is 10. The number of hydrogen-bond donors (Lipinski definition) is 4. The van der Waals surface area contributed by atoms with Crippen molar-refractivity contribution in [2.24, 2.45) is 0 Å². The van der Waals surface area contributed by atoms with Gasteiger partial charge in [-0.2, -0.15) is 5.10 Å². The molecule has 0 saturated carbocycles. The summed E-state index contributed by atoms with van der Waals surface area (Å²) in [5, 5.41) is 23.4. The molecule has 0 fully saturated rings. The lowest BCUT2D eigenvalue weighted by molar-refractivity contribution is -0.139. The minimum absolute atomic E-state index is 0.0858. The summed E-state index contributed by atoms with van der Waals surface area (Å²) in [5.41, 5.74) is 4.26. The zero-order chi connectivity index (χ0) is 38.6. The van der Waals surface area contributed by atoms with Gasteiger partial charge in [0.25, 0.3) is 5.91 Å². The Morgan fingerprint density at radius 1 is 1.06 bits per heavy atom. The number of carboxylic acids is 1. The monoisotopic (exact) mass is 739 g/mol. The Bertz CT molecular complexity index is 2110. The van der Waals surface area contributed by atoms with Crippen LogP contribution in [0.4, 0.5) is 10.6 Å². The average molecular weight is 740 g/mol. The van der Waals surface area contributed by atoms with Gasteiger partial charge in [-0.25, -0.2) is 14.6 Å². The standard InChI is InChI=1S/C39H45N7O8/c1-23-13-25(14-27-22-42-45-32(23)27)16-30(35(48)49)43-34(47)28-17-26-18-39(19-31(26)40-21-28)29-15-24(20-41-33(29)44-36(39)50)7-6-9-52-11-12-53-10-8-46(5)37(51)54-38(2,3)4/h6-7,13-15,17,20-22,30H,8-12,16,18-19H2,1-5H3,(H,42,45)(H,43,47)(H,48,49)(H,41,44,50)/b7-6+/t30-,39+/m1/s1. The highest BCUT2D eigenvalue weighted by Gasteiger charge is 2.52. The largest absolute Gasteiger partial charge is 0.480 e. The molecule has 15 heteroatoms. The maximum atomic E-state index is 13.5. The van der Waals surface area contributed by atoms with E-state index in [-0.39, 0.29) is 17.9 Å². The summed E-state index contributed by atoms with van der Waals surface area (Å²) in [4.78, 5) is 61.5. The molecule has 284 valence electrons. The van der Waals surface area contributed by atoms with Crippen molar-refractivity contribution in [3.8, 4) is 0 Å². The molecule has 1 aliphatic heterocycles. The molecule has 1 aliphatic carbocycles. The first kappa shape index (κ1) is 38.1. The van der Waals surface area contributed by atoms with Crippen LogP contribution in [0.3, 0.4) is 0 Å². The molecule has 54 heavy (non-hydrogen) atoms. The van der Waals surface area contributed by atoms with E-state index in [4.69, 9.17) is 14.2 Å². The smallest absolute Gasteiger partial charge is 0.410 e. The number of amides is 3. The molecule has 1 spiro atoms. The first-order valence-corrected chi connectivity index (χ1v) is 17.7. The summed E-state index contributed by atoms with van der Waals surface area (Å²) >= 11 is 0. The van der Waals surface area contributed by atoms with Crippen LogP contribution >= 0.6 is 0 Å². The Kier molecular flexibility index (Phi) is 11.1. The Morgan fingerprint density at radius 2 is 1.85 bits per heavy atom. The lowest BCUT2D eigenvalue weighted by atomic mass is 9.79. The van der Waals surface area contributed by atoms with Crippen molar-refractivity contribution < 1.29 is 38.5 Å². The van der Waals surface area contributed by atoms with Crippen LogP contribution in [0.15, 0.2) is 48.9 Å². The molecule has 0 unspecified atom stereocenters. The zero-order valence-electron chi connectivity index (χ0n) is 31.0. The summed E-state index contributed by atoms with van der Waals surface area (Å²) in [6, 6.07) is 6.19. The number of carbonyl (C=O) groups is 4. The number of fused-ring (bicyclic) bond motifs is 4. The number of aliphatic carboxylic acids is 1. The van der Waals surface area contributed by atoms with E-state index in [0.717, 1.165) is 38.7 Å². The van der Waals surface area contributed by atoms with E-state index in [1.807, 2.05) is 58.0 Å². The van der Waals surface area contributed by atoms with Crippen molar-refractivity contribution in [2.45, 2.75) is 64.0 Å². The number of aromatic nitrogens is 4. The van der Waals surface area contributed by atoms with E-state index in [9.17, 15) is 24.3 Å². The molecule has 0 bridgehead atoms. The van der Waals surface area contributed by atoms with Gasteiger partial charge in [-0.1, -0.05) is 18.2 Å². The third kappa shape index (κ3) is 8.58. The van der Waals surface area contributed by atoms with Gasteiger partial charge in [-0.3, -0.25) is 19.7 Å². The zero-order valence-corrected chi connectivity index (χ0v) is 31.0. The number of anilines is 1. The van der Waals surface area contributed by atoms with E-state index in [2.05, 4.69) is 30.8 Å². The van der Waals surface area contributed by atoms with E-state index in [1.54, 1.807) is 25.5 Å².